The second-order valence-electron chi connectivity index (χ2n) is 5.89. The van der Waals surface area contributed by atoms with Crippen LogP contribution in [0.4, 0.5) is 11.6 Å². The number of nitrogens with one attached hydrogen (secondary N) is 1. The van der Waals surface area contributed by atoms with Crippen LogP contribution in [0.3, 0.4) is 0 Å². The van der Waals surface area contributed by atoms with Crippen LogP contribution in [0.2, 0.25) is 0 Å². The van der Waals surface area contributed by atoms with E-state index in [-0.39, 0.29) is 5.41 Å². The van der Waals surface area contributed by atoms with Gasteiger partial charge in [0.25, 0.3) is 0 Å². The number of oxime groups is 1. The van der Waals surface area contributed by atoms with Crippen molar-refractivity contribution in [2.75, 3.05) is 5.32 Å². The summed E-state index contributed by atoms with van der Waals surface area (Å²) in [6.45, 7) is 4.25. The smallest absolute Gasteiger partial charge is 0.238 e. The average molecular weight is 271 g/mol. The molecule has 0 spiro atoms. The molecule has 2 aromatic rings. The normalized spacial score (nSPS) is 18.8. The molecule has 5 nitrogen and oxygen atoms in total. The fourth-order valence-electron chi connectivity index (χ4n) is 2.62. The molecule has 5 heteroatoms. The molecule has 0 atom stereocenters. The highest BCUT2D eigenvalue weighted by Gasteiger charge is 2.35. The van der Waals surface area contributed by atoms with E-state index in [1.54, 1.807) is 0 Å². The van der Waals surface area contributed by atoms with Crippen LogP contribution < -0.4 is 5.32 Å². The van der Waals surface area contributed by atoms with Gasteiger partial charge in [0.2, 0.25) is 5.88 Å². The Labute approximate surface area is 117 Å². The number of aromatic nitrogens is 1. The summed E-state index contributed by atoms with van der Waals surface area (Å²) in [5.74, 6) is 0.537. The number of para-hydroxylation sites is 1. The van der Waals surface area contributed by atoms with E-state index in [1.807, 2.05) is 30.3 Å². The summed E-state index contributed by atoms with van der Waals surface area (Å²) < 4.78 is 5.39. The van der Waals surface area contributed by atoms with E-state index in [0.29, 0.717) is 18.0 Å². The molecule has 0 unspecified atom stereocenters. The fraction of sp³-hybridized carbons (Fsp3) is 0.333. The van der Waals surface area contributed by atoms with Crippen LogP contribution in [0.5, 0.6) is 0 Å². The zero-order chi connectivity index (χ0) is 14.2. The molecule has 0 fully saturated rings. The van der Waals surface area contributed by atoms with Crippen molar-refractivity contribution in [3.8, 4) is 0 Å². The minimum absolute atomic E-state index is 0.0233. The van der Waals surface area contributed by atoms with Crippen LogP contribution in [0.15, 0.2) is 40.0 Å². The van der Waals surface area contributed by atoms with Gasteiger partial charge >= 0.3 is 0 Å². The maximum atomic E-state index is 9.27. The Morgan fingerprint density at radius 1 is 1.25 bits per heavy atom. The summed E-state index contributed by atoms with van der Waals surface area (Å²) in [5, 5.41) is 20.0. The molecule has 1 aromatic carbocycles. The zero-order valence-electron chi connectivity index (χ0n) is 11.6. The van der Waals surface area contributed by atoms with Gasteiger partial charge in [0.15, 0.2) is 0 Å². The van der Waals surface area contributed by atoms with Gasteiger partial charge in [-0.05, 0) is 30.4 Å². The maximum Gasteiger partial charge on any atom is 0.238 e. The molecule has 3 rings (SSSR count). The quantitative estimate of drug-likeness (QED) is 0.647. The van der Waals surface area contributed by atoms with E-state index in [0.717, 1.165) is 23.4 Å². The molecular formula is C15H17N3O2. The first-order valence-electron chi connectivity index (χ1n) is 6.61. The van der Waals surface area contributed by atoms with Crippen molar-refractivity contribution in [3.63, 3.8) is 0 Å². The lowest BCUT2D eigenvalue weighted by Crippen LogP contribution is -2.27. The Hall–Kier alpha value is -2.30. The van der Waals surface area contributed by atoms with Gasteiger partial charge < -0.3 is 15.0 Å². The molecule has 1 aromatic heterocycles. The van der Waals surface area contributed by atoms with Crippen molar-refractivity contribution in [1.82, 2.24) is 5.16 Å². The molecule has 0 saturated carbocycles. The molecule has 0 amide bonds. The number of hydrogen-bond donors (Lipinski definition) is 2. The highest BCUT2D eigenvalue weighted by atomic mass is 16.5. The molecule has 2 N–H and O–H groups in total. The predicted molar refractivity (Wildman–Crippen MR) is 76.7 cm³/mol. The van der Waals surface area contributed by atoms with Gasteiger partial charge in [-0.3, -0.25) is 0 Å². The van der Waals surface area contributed by atoms with Crippen molar-refractivity contribution in [2.24, 2.45) is 10.6 Å². The van der Waals surface area contributed by atoms with Gasteiger partial charge in [-0.2, -0.15) is 0 Å². The first kappa shape index (κ1) is 12.7. The zero-order valence-corrected chi connectivity index (χ0v) is 11.6. The SMILES string of the molecule is CC1(C)CC(=NO)c2c(noc2Nc2ccccc2)C1. The lowest BCUT2D eigenvalue weighted by molar-refractivity contribution is 0.305. The molecule has 1 aliphatic carbocycles. The molecule has 0 aliphatic heterocycles. The van der Waals surface area contributed by atoms with Gasteiger partial charge in [-0.25, -0.2) is 0 Å². The van der Waals surface area contributed by atoms with E-state index in [9.17, 15) is 5.21 Å². The highest BCUT2D eigenvalue weighted by molar-refractivity contribution is 6.06. The van der Waals surface area contributed by atoms with Crippen molar-refractivity contribution in [2.45, 2.75) is 26.7 Å². The third kappa shape index (κ3) is 2.27. The molecule has 1 aliphatic rings. The standard InChI is InChI=1S/C15H17N3O2/c1-15(2)8-11(17-19)13-12(9-15)18-20-14(13)16-10-6-4-3-5-7-10/h3-7,16,19H,8-9H2,1-2H3. The Bertz CT molecular complexity index is 644. The monoisotopic (exact) mass is 271 g/mol. The summed E-state index contributed by atoms with van der Waals surface area (Å²) in [4.78, 5) is 0. The first-order valence-corrected chi connectivity index (χ1v) is 6.61. The fourth-order valence-corrected chi connectivity index (χ4v) is 2.62. The Balaban J connectivity index is 1.98. The Morgan fingerprint density at radius 3 is 2.70 bits per heavy atom. The Kier molecular flexibility index (Phi) is 2.97. The number of rotatable bonds is 2. The first-order chi connectivity index (χ1) is 9.59. The highest BCUT2D eigenvalue weighted by Crippen LogP contribution is 2.38. The van der Waals surface area contributed by atoms with E-state index in [4.69, 9.17) is 4.52 Å². The summed E-state index contributed by atoms with van der Waals surface area (Å²) >= 11 is 0. The maximum absolute atomic E-state index is 9.27. The topological polar surface area (TPSA) is 70.7 Å². The van der Waals surface area contributed by atoms with E-state index >= 15 is 0 Å². The summed E-state index contributed by atoms with van der Waals surface area (Å²) in [6, 6.07) is 9.71. The van der Waals surface area contributed by atoms with Crippen LogP contribution in [0.25, 0.3) is 0 Å². The molecule has 20 heavy (non-hydrogen) atoms. The van der Waals surface area contributed by atoms with Crippen molar-refractivity contribution in [1.29, 1.82) is 0 Å². The minimum Gasteiger partial charge on any atom is -0.411 e. The minimum atomic E-state index is 0.0233. The van der Waals surface area contributed by atoms with Crippen LogP contribution in [0, 0.1) is 5.41 Å². The van der Waals surface area contributed by atoms with Crippen LogP contribution >= 0.6 is 0 Å². The van der Waals surface area contributed by atoms with Gasteiger partial charge in [-0.15, -0.1) is 0 Å². The number of hydrogen-bond acceptors (Lipinski definition) is 5. The van der Waals surface area contributed by atoms with Gasteiger partial charge in [0.05, 0.1) is 17.0 Å². The second kappa shape index (κ2) is 4.67. The van der Waals surface area contributed by atoms with Crippen LogP contribution in [-0.2, 0) is 6.42 Å². The molecule has 0 saturated heterocycles. The third-order valence-corrected chi connectivity index (χ3v) is 3.50. The molecule has 0 bridgehead atoms. The van der Waals surface area contributed by atoms with E-state index in [1.165, 1.54) is 0 Å². The summed E-state index contributed by atoms with van der Waals surface area (Å²) in [5.41, 5.74) is 3.18. The largest absolute Gasteiger partial charge is 0.411 e. The molecule has 1 heterocycles. The van der Waals surface area contributed by atoms with Crippen LogP contribution in [-0.4, -0.2) is 16.1 Å². The molecule has 104 valence electrons. The molecule has 0 radical (unpaired) electrons. The van der Waals surface area contributed by atoms with Crippen molar-refractivity contribution >= 4 is 17.3 Å². The molecular weight excluding hydrogens is 254 g/mol. The second-order valence-corrected chi connectivity index (χ2v) is 5.89. The van der Waals surface area contributed by atoms with E-state index in [2.05, 4.69) is 29.5 Å². The lowest BCUT2D eigenvalue weighted by atomic mass is 9.76. The Morgan fingerprint density at radius 2 is 2.00 bits per heavy atom. The number of nitrogens with zero attached hydrogens (tertiary/aromatic N) is 2. The van der Waals surface area contributed by atoms with Crippen molar-refractivity contribution in [3.05, 3.63) is 41.6 Å². The third-order valence-electron chi connectivity index (χ3n) is 3.50. The summed E-state index contributed by atoms with van der Waals surface area (Å²) in [6.07, 6.45) is 1.50. The van der Waals surface area contributed by atoms with Gasteiger partial charge in [-0.1, -0.05) is 42.4 Å². The van der Waals surface area contributed by atoms with E-state index < -0.39 is 0 Å². The van der Waals surface area contributed by atoms with Crippen LogP contribution in [0.1, 0.15) is 31.5 Å². The average Bonchev–Trinajstić information content (AvgIpc) is 2.80. The predicted octanol–water partition coefficient (Wildman–Crippen LogP) is 3.57. The van der Waals surface area contributed by atoms with Crippen molar-refractivity contribution < 1.29 is 9.73 Å². The summed E-state index contributed by atoms with van der Waals surface area (Å²) in [7, 11) is 0. The number of anilines is 2. The lowest BCUT2D eigenvalue weighted by Gasteiger charge is -2.28. The number of benzene rings is 1. The van der Waals surface area contributed by atoms with Gasteiger partial charge in [0, 0.05) is 5.69 Å². The van der Waals surface area contributed by atoms with Gasteiger partial charge in [0.1, 0.15) is 0 Å². The number of fused-ring (bicyclic) bond motifs is 1.